The van der Waals surface area contributed by atoms with Crippen LogP contribution in [-0.2, 0) is 11.4 Å². The van der Waals surface area contributed by atoms with Gasteiger partial charge in [-0.15, -0.1) is 12.4 Å². The maximum absolute atomic E-state index is 7.68. The number of aryl methyl sites for hydroxylation is 2. The normalized spacial score (nSPS) is 9.50. The number of hydrogen-bond donors (Lipinski definition) is 3. The lowest BCUT2D eigenvalue weighted by molar-refractivity contribution is 0.144. The summed E-state index contributed by atoms with van der Waals surface area (Å²) in [4.78, 5) is 4.70. The van der Waals surface area contributed by atoms with Crippen LogP contribution in [0.2, 0.25) is 0 Å². The average molecular weight is 244 g/mol. The molecule has 0 bridgehead atoms. The predicted octanol–water partition coefficient (Wildman–Crippen LogP) is 1.66. The number of benzene rings is 1. The van der Waals surface area contributed by atoms with Gasteiger partial charge in [0.2, 0.25) is 0 Å². The van der Waals surface area contributed by atoms with Crippen LogP contribution in [0.5, 0.6) is 0 Å². The van der Waals surface area contributed by atoms with Gasteiger partial charge in [-0.25, -0.2) is 5.48 Å². The van der Waals surface area contributed by atoms with E-state index in [1.165, 1.54) is 7.11 Å². The van der Waals surface area contributed by atoms with Crippen molar-refractivity contribution in [3.05, 3.63) is 34.4 Å². The van der Waals surface area contributed by atoms with Gasteiger partial charge in [-0.3, -0.25) is 10.2 Å². The van der Waals surface area contributed by atoms with Crippen LogP contribution in [0.4, 0.5) is 0 Å². The molecule has 1 rings (SSSR count). The smallest absolute Gasteiger partial charge is 0.149 e. The van der Waals surface area contributed by atoms with E-state index in [1.54, 1.807) is 0 Å². The van der Waals surface area contributed by atoms with Gasteiger partial charge in [-0.05, 0) is 42.7 Å². The fourth-order valence-corrected chi connectivity index (χ4v) is 1.62. The van der Waals surface area contributed by atoms with E-state index in [1.807, 2.05) is 26.0 Å². The SMILES string of the molecule is CONC(=N)c1cc(C)c(CN)c(C)c1.Cl. The third-order valence-electron chi connectivity index (χ3n) is 2.39. The van der Waals surface area contributed by atoms with Crippen LogP contribution in [0.15, 0.2) is 12.1 Å². The van der Waals surface area contributed by atoms with E-state index < -0.39 is 0 Å². The van der Waals surface area contributed by atoms with Gasteiger partial charge in [-0.1, -0.05) is 0 Å². The Morgan fingerprint density at radius 1 is 1.38 bits per heavy atom. The van der Waals surface area contributed by atoms with E-state index in [4.69, 9.17) is 16.0 Å². The van der Waals surface area contributed by atoms with Crippen molar-refractivity contribution in [2.24, 2.45) is 5.73 Å². The zero-order valence-corrected chi connectivity index (χ0v) is 10.6. The van der Waals surface area contributed by atoms with Crippen molar-refractivity contribution in [1.82, 2.24) is 5.48 Å². The topological polar surface area (TPSA) is 71.1 Å². The van der Waals surface area contributed by atoms with Crippen LogP contribution in [0, 0.1) is 19.3 Å². The Morgan fingerprint density at radius 2 is 1.88 bits per heavy atom. The molecule has 0 saturated carbocycles. The van der Waals surface area contributed by atoms with Crippen molar-refractivity contribution in [3.8, 4) is 0 Å². The first kappa shape index (κ1) is 14.9. The molecule has 1 aromatic carbocycles. The van der Waals surface area contributed by atoms with E-state index in [-0.39, 0.29) is 18.2 Å². The second-order valence-corrected chi connectivity index (χ2v) is 3.47. The van der Waals surface area contributed by atoms with Crippen LogP contribution in [0.1, 0.15) is 22.3 Å². The van der Waals surface area contributed by atoms with Crippen LogP contribution >= 0.6 is 12.4 Å². The summed E-state index contributed by atoms with van der Waals surface area (Å²) >= 11 is 0. The molecule has 90 valence electrons. The van der Waals surface area contributed by atoms with E-state index in [0.29, 0.717) is 6.54 Å². The molecule has 0 unspecified atom stereocenters. The van der Waals surface area contributed by atoms with Crippen LogP contribution in [0.3, 0.4) is 0 Å². The lowest BCUT2D eigenvalue weighted by Crippen LogP contribution is -2.22. The molecule has 4 N–H and O–H groups in total. The Bertz CT molecular complexity index is 356. The maximum atomic E-state index is 7.68. The summed E-state index contributed by atoms with van der Waals surface area (Å²) in [6.07, 6.45) is 0. The minimum absolute atomic E-state index is 0. The highest BCUT2D eigenvalue weighted by Gasteiger charge is 2.06. The third-order valence-corrected chi connectivity index (χ3v) is 2.39. The predicted molar refractivity (Wildman–Crippen MR) is 68.0 cm³/mol. The fourth-order valence-electron chi connectivity index (χ4n) is 1.62. The molecule has 0 saturated heterocycles. The highest BCUT2D eigenvalue weighted by atomic mass is 35.5. The summed E-state index contributed by atoms with van der Waals surface area (Å²) in [5.74, 6) is 0.257. The number of hydroxylamine groups is 1. The Labute approximate surface area is 102 Å². The number of nitrogens with two attached hydrogens (primary N) is 1. The van der Waals surface area contributed by atoms with Crippen molar-refractivity contribution in [3.63, 3.8) is 0 Å². The molecule has 0 fully saturated rings. The molecule has 0 aliphatic rings. The van der Waals surface area contributed by atoms with Gasteiger partial charge < -0.3 is 5.73 Å². The van der Waals surface area contributed by atoms with Gasteiger partial charge in [0.25, 0.3) is 0 Å². The molecule has 5 heteroatoms. The average Bonchev–Trinajstić information content (AvgIpc) is 2.17. The molecule has 0 spiro atoms. The fraction of sp³-hybridized carbons (Fsp3) is 0.364. The summed E-state index contributed by atoms with van der Waals surface area (Å²) < 4.78 is 0. The first-order chi connectivity index (χ1) is 7.10. The van der Waals surface area contributed by atoms with Gasteiger partial charge >= 0.3 is 0 Å². The van der Waals surface area contributed by atoms with E-state index in [2.05, 4.69) is 5.48 Å². The molecule has 0 heterocycles. The Balaban J connectivity index is 0.00000225. The summed E-state index contributed by atoms with van der Waals surface area (Å²) in [6.45, 7) is 4.53. The van der Waals surface area contributed by atoms with Gasteiger partial charge in [0.1, 0.15) is 5.84 Å². The van der Waals surface area contributed by atoms with Crippen molar-refractivity contribution in [2.45, 2.75) is 20.4 Å². The number of hydrogen-bond acceptors (Lipinski definition) is 3. The lowest BCUT2D eigenvalue weighted by Gasteiger charge is -2.11. The monoisotopic (exact) mass is 243 g/mol. The highest BCUT2D eigenvalue weighted by Crippen LogP contribution is 2.16. The summed E-state index contributed by atoms with van der Waals surface area (Å²) in [5, 5.41) is 7.68. The summed E-state index contributed by atoms with van der Waals surface area (Å²) in [5.41, 5.74) is 12.3. The van der Waals surface area contributed by atoms with Crippen LogP contribution in [0.25, 0.3) is 0 Å². The van der Waals surface area contributed by atoms with Crippen LogP contribution in [-0.4, -0.2) is 12.9 Å². The Kier molecular flexibility index (Phi) is 6.03. The van der Waals surface area contributed by atoms with Gasteiger partial charge in [0.05, 0.1) is 7.11 Å². The molecule has 0 atom stereocenters. The van der Waals surface area contributed by atoms with Crippen LogP contribution < -0.4 is 11.2 Å². The van der Waals surface area contributed by atoms with Crippen molar-refractivity contribution in [2.75, 3.05) is 7.11 Å². The van der Waals surface area contributed by atoms with Gasteiger partial charge in [-0.2, -0.15) is 0 Å². The molecular formula is C11H18ClN3O. The molecule has 16 heavy (non-hydrogen) atoms. The zero-order valence-electron chi connectivity index (χ0n) is 9.76. The molecule has 0 aliphatic carbocycles. The Morgan fingerprint density at radius 3 is 2.25 bits per heavy atom. The molecular weight excluding hydrogens is 226 g/mol. The summed E-state index contributed by atoms with van der Waals surface area (Å²) in [6, 6.07) is 3.87. The Hall–Kier alpha value is -1.10. The molecule has 0 radical (unpaired) electrons. The van der Waals surface area contributed by atoms with E-state index >= 15 is 0 Å². The number of nitrogens with one attached hydrogen (secondary N) is 2. The largest absolute Gasteiger partial charge is 0.326 e. The third kappa shape index (κ3) is 3.20. The van der Waals surface area contributed by atoms with E-state index in [0.717, 1.165) is 22.3 Å². The van der Waals surface area contributed by atoms with Gasteiger partial charge in [0.15, 0.2) is 0 Å². The minimum atomic E-state index is 0. The molecule has 4 nitrogen and oxygen atoms in total. The minimum Gasteiger partial charge on any atom is -0.326 e. The maximum Gasteiger partial charge on any atom is 0.149 e. The molecule has 0 aromatic heterocycles. The second kappa shape index (κ2) is 6.48. The van der Waals surface area contributed by atoms with Gasteiger partial charge in [0, 0.05) is 12.1 Å². The zero-order chi connectivity index (χ0) is 11.4. The van der Waals surface area contributed by atoms with E-state index in [9.17, 15) is 0 Å². The quantitative estimate of drug-likeness (QED) is 0.430. The number of rotatable bonds is 3. The summed E-state index contributed by atoms with van der Waals surface area (Å²) in [7, 11) is 1.49. The first-order valence-corrected chi connectivity index (χ1v) is 4.78. The molecule has 0 amide bonds. The first-order valence-electron chi connectivity index (χ1n) is 4.78. The molecule has 0 aliphatic heterocycles. The standard InChI is InChI=1S/C11H17N3O.ClH/c1-7-4-9(11(13)14-15-3)5-8(2)10(7)6-12;/h4-5H,6,12H2,1-3H3,(H2,13,14);1H. The highest BCUT2D eigenvalue weighted by molar-refractivity contribution is 5.96. The number of halogens is 1. The van der Waals surface area contributed by atoms with Crippen molar-refractivity contribution < 1.29 is 4.84 Å². The van der Waals surface area contributed by atoms with Crippen molar-refractivity contribution in [1.29, 1.82) is 5.41 Å². The number of amidine groups is 1. The molecule has 1 aromatic rings. The second-order valence-electron chi connectivity index (χ2n) is 3.47. The van der Waals surface area contributed by atoms with Crippen molar-refractivity contribution >= 4 is 18.2 Å². The lowest BCUT2D eigenvalue weighted by atomic mass is 9.99.